The fourth-order valence-corrected chi connectivity index (χ4v) is 10.9. The predicted octanol–water partition coefficient (Wildman–Crippen LogP) is 18.6. The minimum absolute atomic E-state index is 1.13. The molecule has 13 aromatic carbocycles. The first-order chi connectivity index (χ1) is 31.6. The van der Waals surface area contributed by atoms with E-state index in [0.717, 1.165) is 4.47 Å². The van der Waals surface area contributed by atoms with Crippen molar-refractivity contribution in [1.82, 2.24) is 0 Å². The van der Waals surface area contributed by atoms with Gasteiger partial charge in [0.1, 0.15) is 0 Å². The summed E-state index contributed by atoms with van der Waals surface area (Å²) in [4.78, 5) is 0. The normalized spacial score (nSPS) is 11.6. The largest absolute Gasteiger partial charge is 0.0622 e. The molecule has 1 heteroatoms. The zero-order valence-corrected chi connectivity index (χ0v) is 36.9. The molecular weight excluding hydrogens is 837 g/mol. The lowest BCUT2D eigenvalue weighted by atomic mass is 9.84. The van der Waals surface area contributed by atoms with E-state index < -0.39 is 0 Å². The highest BCUT2D eigenvalue weighted by atomic mass is 79.9. The molecular formula is C63H41Br. The fourth-order valence-electron chi connectivity index (χ4n) is 10.3. The van der Waals surface area contributed by atoms with E-state index in [4.69, 9.17) is 0 Å². The first kappa shape index (κ1) is 38.1. The van der Waals surface area contributed by atoms with Crippen LogP contribution in [0, 0.1) is 6.92 Å². The maximum atomic E-state index is 3.92. The van der Waals surface area contributed by atoms with Crippen molar-refractivity contribution >= 4 is 80.6 Å². The maximum absolute atomic E-state index is 3.92. The van der Waals surface area contributed by atoms with E-state index in [1.165, 1.54) is 126 Å². The van der Waals surface area contributed by atoms with Crippen molar-refractivity contribution < 1.29 is 0 Å². The lowest BCUT2D eigenvalue weighted by molar-refractivity contribution is 1.53. The molecule has 13 rings (SSSR count). The Morgan fingerprint density at radius 2 is 0.562 bits per heavy atom. The van der Waals surface area contributed by atoms with Crippen LogP contribution in [0.1, 0.15) is 5.56 Å². The van der Waals surface area contributed by atoms with E-state index in [1.54, 1.807) is 0 Å². The smallest absolute Gasteiger partial charge is 0.0260 e. The molecule has 0 amide bonds. The summed E-state index contributed by atoms with van der Waals surface area (Å²) in [7, 11) is 0. The van der Waals surface area contributed by atoms with Crippen molar-refractivity contribution in [2.24, 2.45) is 0 Å². The molecule has 0 saturated carbocycles. The third-order valence-electron chi connectivity index (χ3n) is 13.3. The van der Waals surface area contributed by atoms with Gasteiger partial charge in [0.25, 0.3) is 0 Å². The Morgan fingerprint density at radius 3 is 1.03 bits per heavy atom. The minimum Gasteiger partial charge on any atom is -0.0622 e. The van der Waals surface area contributed by atoms with Crippen LogP contribution in [0.3, 0.4) is 0 Å². The maximum Gasteiger partial charge on any atom is 0.0260 e. The van der Waals surface area contributed by atoms with Gasteiger partial charge in [0.15, 0.2) is 0 Å². The van der Waals surface area contributed by atoms with E-state index in [9.17, 15) is 0 Å². The second-order valence-electron chi connectivity index (χ2n) is 16.9. The van der Waals surface area contributed by atoms with Crippen molar-refractivity contribution in [2.45, 2.75) is 6.92 Å². The van der Waals surface area contributed by atoms with Gasteiger partial charge in [0, 0.05) is 4.47 Å². The summed E-state index contributed by atoms with van der Waals surface area (Å²) in [6.07, 6.45) is 0. The van der Waals surface area contributed by atoms with Crippen molar-refractivity contribution in [3.05, 3.63) is 241 Å². The van der Waals surface area contributed by atoms with E-state index in [1.807, 2.05) is 0 Å². The SMILES string of the molecule is Brc1cc(-c2ccccc2)c2ccc3c(-c4ccccc4)cc(-c4ccccc4)c4ccc1c2c43.Cc1cc(-c2ccccc2)c2ccc3ccc(-c4ccccc4)c4ccc1c2c34. The minimum atomic E-state index is 1.13. The highest BCUT2D eigenvalue weighted by Crippen LogP contribution is 2.48. The van der Waals surface area contributed by atoms with Crippen LogP contribution in [0.25, 0.3) is 120 Å². The predicted molar refractivity (Wildman–Crippen MR) is 280 cm³/mol. The van der Waals surface area contributed by atoms with Crippen molar-refractivity contribution in [3.8, 4) is 55.6 Å². The number of hydrogen-bond acceptors (Lipinski definition) is 0. The Hall–Kier alpha value is -7.58. The monoisotopic (exact) mass is 876 g/mol. The molecule has 0 radical (unpaired) electrons. The molecule has 0 unspecified atom stereocenters. The molecule has 0 aliphatic rings. The average Bonchev–Trinajstić information content (AvgIpc) is 3.37. The summed E-state index contributed by atoms with van der Waals surface area (Å²) >= 11 is 3.92. The van der Waals surface area contributed by atoms with Gasteiger partial charge in [0.05, 0.1) is 0 Å². The Morgan fingerprint density at radius 1 is 0.250 bits per heavy atom. The fraction of sp³-hybridized carbons (Fsp3) is 0.0159. The summed E-state index contributed by atoms with van der Waals surface area (Å²) in [5.74, 6) is 0. The number of hydrogen-bond donors (Lipinski definition) is 0. The summed E-state index contributed by atoms with van der Waals surface area (Å²) in [6, 6.07) is 83.6. The molecule has 300 valence electrons. The number of rotatable bonds is 5. The molecule has 0 atom stereocenters. The van der Waals surface area contributed by atoms with Crippen LogP contribution in [0.15, 0.2) is 235 Å². The van der Waals surface area contributed by atoms with Gasteiger partial charge in [-0.25, -0.2) is 0 Å². The molecule has 0 heterocycles. The van der Waals surface area contributed by atoms with Crippen molar-refractivity contribution in [1.29, 1.82) is 0 Å². The second-order valence-corrected chi connectivity index (χ2v) is 17.7. The van der Waals surface area contributed by atoms with Gasteiger partial charge in [0.2, 0.25) is 0 Å². The van der Waals surface area contributed by atoms with Crippen LogP contribution < -0.4 is 0 Å². The standard InChI is InChI=1S/C34H21Br.C29H20/c35-32-21-31(24-14-8-3-9-15-24)27-17-16-25-29(22-10-4-1-5-11-22)20-30(23-12-6-2-7-13-23)26-18-19-28(32)34(27)33(25)26;1-19-18-27(21-10-6-3-7-11-21)26-15-13-22-12-14-24(20-8-4-2-5-9-20)25-17-16-23(19)29(26)28(22)25/h1-21H;2-18H,1H3. The van der Waals surface area contributed by atoms with Gasteiger partial charge in [-0.15, -0.1) is 0 Å². The molecule has 0 bridgehead atoms. The zero-order chi connectivity index (χ0) is 42.7. The molecule has 0 fully saturated rings. The molecule has 64 heavy (non-hydrogen) atoms. The zero-order valence-electron chi connectivity index (χ0n) is 35.3. The quantitative estimate of drug-likeness (QED) is 0.151. The average molecular weight is 878 g/mol. The number of aryl methyl sites for hydroxylation is 1. The molecule has 0 aromatic heterocycles. The topological polar surface area (TPSA) is 0 Å². The Balaban J connectivity index is 0.000000138. The molecule has 13 aromatic rings. The van der Waals surface area contributed by atoms with Crippen LogP contribution in [-0.2, 0) is 0 Å². The molecule has 0 nitrogen and oxygen atoms in total. The lowest BCUT2D eigenvalue weighted by Crippen LogP contribution is -1.93. The number of halogens is 1. The summed E-state index contributed by atoms with van der Waals surface area (Å²) in [5, 5.41) is 15.9. The molecule has 0 aliphatic carbocycles. The van der Waals surface area contributed by atoms with Crippen LogP contribution in [0.4, 0.5) is 0 Å². The highest BCUT2D eigenvalue weighted by molar-refractivity contribution is 9.10. The first-order valence-corrected chi connectivity index (χ1v) is 22.8. The van der Waals surface area contributed by atoms with E-state index in [2.05, 4.69) is 253 Å². The second kappa shape index (κ2) is 15.6. The van der Waals surface area contributed by atoms with Gasteiger partial charge in [-0.05, 0) is 145 Å². The van der Waals surface area contributed by atoms with Gasteiger partial charge >= 0.3 is 0 Å². The first-order valence-electron chi connectivity index (χ1n) is 22.0. The Labute approximate surface area is 381 Å². The highest BCUT2D eigenvalue weighted by Gasteiger charge is 2.20. The third-order valence-corrected chi connectivity index (χ3v) is 13.9. The summed E-state index contributed by atoms with van der Waals surface area (Å²) in [5.41, 5.74) is 14.0. The van der Waals surface area contributed by atoms with Crippen molar-refractivity contribution in [2.75, 3.05) is 0 Å². The number of benzene rings is 13. The summed E-state index contributed by atoms with van der Waals surface area (Å²) < 4.78 is 1.13. The summed E-state index contributed by atoms with van der Waals surface area (Å²) in [6.45, 7) is 2.23. The third kappa shape index (κ3) is 6.27. The van der Waals surface area contributed by atoms with E-state index in [0.29, 0.717) is 0 Å². The van der Waals surface area contributed by atoms with Gasteiger partial charge in [-0.1, -0.05) is 234 Å². The van der Waals surface area contributed by atoms with Crippen molar-refractivity contribution in [3.63, 3.8) is 0 Å². The molecule has 0 saturated heterocycles. The molecule has 0 aliphatic heterocycles. The Bertz CT molecular complexity index is 3740. The van der Waals surface area contributed by atoms with Crippen LogP contribution in [0.2, 0.25) is 0 Å². The molecule has 0 spiro atoms. The van der Waals surface area contributed by atoms with Crippen LogP contribution >= 0.6 is 15.9 Å². The Kier molecular flexibility index (Phi) is 9.32. The van der Waals surface area contributed by atoms with Gasteiger partial charge in [-0.3, -0.25) is 0 Å². The van der Waals surface area contributed by atoms with Gasteiger partial charge < -0.3 is 0 Å². The van der Waals surface area contributed by atoms with E-state index in [-0.39, 0.29) is 0 Å². The van der Waals surface area contributed by atoms with Gasteiger partial charge in [-0.2, -0.15) is 0 Å². The molecule has 0 N–H and O–H groups in total. The van der Waals surface area contributed by atoms with Crippen LogP contribution in [0.5, 0.6) is 0 Å². The van der Waals surface area contributed by atoms with Crippen LogP contribution in [-0.4, -0.2) is 0 Å². The lowest BCUT2D eigenvalue weighted by Gasteiger charge is -2.20. The van der Waals surface area contributed by atoms with E-state index >= 15 is 0 Å².